The highest BCUT2D eigenvalue weighted by molar-refractivity contribution is 5.94. The summed E-state index contributed by atoms with van der Waals surface area (Å²) in [6.07, 6.45) is 0.651. The van der Waals surface area contributed by atoms with Crippen LogP contribution in [0.25, 0.3) is 0 Å². The van der Waals surface area contributed by atoms with Gasteiger partial charge in [0.05, 0.1) is 5.41 Å². The van der Waals surface area contributed by atoms with Gasteiger partial charge < -0.3 is 37.6 Å². The fourth-order valence-electron chi connectivity index (χ4n) is 3.76. The third-order valence-corrected chi connectivity index (χ3v) is 6.17. The second-order valence-corrected chi connectivity index (χ2v) is 10.1. The number of nitrogens with one attached hydrogen (secondary N) is 3. The van der Waals surface area contributed by atoms with Crippen molar-refractivity contribution in [2.75, 3.05) is 12.3 Å². The first kappa shape index (κ1) is 32.9. The van der Waals surface area contributed by atoms with Crippen molar-refractivity contribution in [3.63, 3.8) is 0 Å². The molecule has 0 bridgehead atoms. The maximum atomic E-state index is 12.4. The monoisotopic (exact) mass is 549 g/mol. The quantitative estimate of drug-likeness (QED) is 0.106. The van der Waals surface area contributed by atoms with E-state index >= 15 is 0 Å². The number of hydrogen-bond acceptors (Lipinski definition) is 7. The Morgan fingerprint density at radius 3 is 2.08 bits per heavy atom. The van der Waals surface area contributed by atoms with Crippen LogP contribution in [-0.4, -0.2) is 64.4 Å². The largest absolute Gasteiger partial charge is 0.481 e. The van der Waals surface area contributed by atoms with Crippen LogP contribution in [0.2, 0.25) is 0 Å². The van der Waals surface area contributed by atoms with E-state index in [-0.39, 0.29) is 31.6 Å². The van der Waals surface area contributed by atoms with Crippen LogP contribution in [0.5, 0.6) is 0 Å². The van der Waals surface area contributed by atoms with Gasteiger partial charge in [0.1, 0.15) is 12.1 Å². The van der Waals surface area contributed by atoms with E-state index in [1.807, 2.05) is 0 Å². The number of hydrogen-bond donors (Lipinski definition) is 7. The van der Waals surface area contributed by atoms with Gasteiger partial charge >= 0.3 is 11.9 Å². The second kappa shape index (κ2) is 15.3. The van der Waals surface area contributed by atoms with Crippen molar-refractivity contribution in [3.8, 4) is 0 Å². The Balaban J connectivity index is 2.49. The van der Waals surface area contributed by atoms with Gasteiger partial charge in [-0.2, -0.15) is 0 Å². The Labute approximate surface area is 227 Å². The second-order valence-electron chi connectivity index (χ2n) is 10.1. The molecule has 1 aromatic carbocycles. The molecule has 13 nitrogen and oxygen atoms in total. The lowest BCUT2D eigenvalue weighted by Crippen LogP contribution is -2.47. The van der Waals surface area contributed by atoms with E-state index in [4.69, 9.17) is 11.5 Å². The van der Waals surface area contributed by atoms with Gasteiger partial charge in [0, 0.05) is 30.1 Å². The maximum absolute atomic E-state index is 12.4. The van der Waals surface area contributed by atoms with Gasteiger partial charge in [0.15, 0.2) is 0 Å². The molecule has 3 unspecified atom stereocenters. The van der Waals surface area contributed by atoms with E-state index in [1.165, 1.54) is 20.8 Å². The molecule has 0 heterocycles. The Hall–Kier alpha value is -4.16. The molecule has 0 radical (unpaired) electrons. The highest BCUT2D eigenvalue weighted by Crippen LogP contribution is 2.25. The van der Waals surface area contributed by atoms with E-state index in [1.54, 1.807) is 24.3 Å². The van der Waals surface area contributed by atoms with Crippen LogP contribution in [0.15, 0.2) is 24.3 Å². The van der Waals surface area contributed by atoms with Crippen LogP contribution >= 0.6 is 0 Å². The van der Waals surface area contributed by atoms with Crippen molar-refractivity contribution in [2.24, 2.45) is 17.1 Å². The molecule has 9 N–H and O–H groups in total. The molecule has 13 heteroatoms. The van der Waals surface area contributed by atoms with Crippen LogP contribution in [0.3, 0.4) is 0 Å². The fourth-order valence-corrected chi connectivity index (χ4v) is 3.76. The summed E-state index contributed by atoms with van der Waals surface area (Å²) in [5.74, 6) is -5.50. The molecule has 0 aliphatic heterocycles. The molecule has 39 heavy (non-hydrogen) atoms. The topological polar surface area (TPSA) is 231 Å². The summed E-state index contributed by atoms with van der Waals surface area (Å²) in [6, 6.07) is 4.07. The van der Waals surface area contributed by atoms with Crippen molar-refractivity contribution >= 4 is 41.3 Å². The van der Waals surface area contributed by atoms with E-state index in [9.17, 15) is 39.0 Å². The lowest BCUT2D eigenvalue weighted by molar-refractivity contribution is -0.149. The first-order chi connectivity index (χ1) is 18.1. The molecule has 4 amide bonds. The molecular formula is C26H39N5O8. The number of carbonyl (C=O) groups is 6. The first-order valence-corrected chi connectivity index (χ1v) is 12.6. The summed E-state index contributed by atoms with van der Waals surface area (Å²) in [5.41, 5.74) is 10.8. The lowest BCUT2D eigenvalue weighted by atomic mass is 9.83. The van der Waals surface area contributed by atoms with Crippen LogP contribution in [-0.2, 0) is 24.0 Å². The van der Waals surface area contributed by atoms with Gasteiger partial charge in [-0.3, -0.25) is 24.0 Å². The molecule has 0 spiro atoms. The Bertz CT molecular complexity index is 1040. The molecule has 0 aromatic heterocycles. The van der Waals surface area contributed by atoms with Gasteiger partial charge in [-0.15, -0.1) is 0 Å². The standard InChI is InChI=1S/C26H39N5O8/c1-15(14-26(2,3)25(38)39)22(34)31-19(24(36)37)11-12-20(32)30-18(21(28)33)6-4-5-13-29-23(35)16-7-9-17(27)10-8-16/h7-10,15,18-19H,4-6,11-14,27H2,1-3H3,(H2,28,33)(H,29,35)(H,30,32)(H,31,34)(H,36,37)(H,38,39). The number of carboxylic acids is 2. The van der Waals surface area contributed by atoms with Crippen molar-refractivity contribution < 1.29 is 39.0 Å². The number of aliphatic carboxylic acids is 2. The van der Waals surface area contributed by atoms with Gasteiger partial charge in [0.25, 0.3) is 5.91 Å². The molecule has 1 rings (SSSR count). The van der Waals surface area contributed by atoms with Crippen LogP contribution in [0, 0.1) is 11.3 Å². The third-order valence-electron chi connectivity index (χ3n) is 6.17. The van der Waals surface area contributed by atoms with Gasteiger partial charge in [0.2, 0.25) is 17.7 Å². The number of primary amides is 1. The summed E-state index contributed by atoms with van der Waals surface area (Å²) in [4.78, 5) is 71.6. The average molecular weight is 550 g/mol. The Kier molecular flexibility index (Phi) is 12.9. The highest BCUT2D eigenvalue weighted by Gasteiger charge is 2.33. The van der Waals surface area contributed by atoms with Crippen LogP contribution < -0.4 is 27.4 Å². The number of nitrogens with two attached hydrogens (primary N) is 2. The van der Waals surface area contributed by atoms with Crippen molar-refractivity contribution in [2.45, 2.75) is 71.4 Å². The van der Waals surface area contributed by atoms with Crippen molar-refractivity contribution in [1.82, 2.24) is 16.0 Å². The summed E-state index contributed by atoms with van der Waals surface area (Å²) in [7, 11) is 0. The zero-order valence-electron chi connectivity index (χ0n) is 22.5. The third kappa shape index (κ3) is 11.8. The molecule has 0 fully saturated rings. The minimum Gasteiger partial charge on any atom is -0.481 e. The van der Waals surface area contributed by atoms with Gasteiger partial charge in [-0.05, 0) is 70.2 Å². The number of anilines is 1. The fraction of sp³-hybridized carbons (Fsp3) is 0.538. The molecule has 1 aromatic rings. The minimum absolute atomic E-state index is 0.00759. The molecule has 0 saturated heterocycles. The van der Waals surface area contributed by atoms with Crippen molar-refractivity contribution in [1.29, 1.82) is 0 Å². The van der Waals surface area contributed by atoms with E-state index in [0.29, 0.717) is 30.6 Å². The number of benzene rings is 1. The molecule has 216 valence electrons. The normalized spacial score (nSPS) is 13.4. The van der Waals surface area contributed by atoms with E-state index in [0.717, 1.165) is 0 Å². The molecular weight excluding hydrogens is 510 g/mol. The summed E-state index contributed by atoms with van der Waals surface area (Å²) >= 11 is 0. The summed E-state index contributed by atoms with van der Waals surface area (Å²) in [6.45, 7) is 4.76. The van der Waals surface area contributed by atoms with Crippen LogP contribution in [0.1, 0.15) is 69.7 Å². The zero-order chi connectivity index (χ0) is 29.8. The summed E-state index contributed by atoms with van der Waals surface area (Å²) < 4.78 is 0. The van der Waals surface area contributed by atoms with Gasteiger partial charge in [-0.25, -0.2) is 4.79 Å². The molecule has 0 aliphatic carbocycles. The molecule has 0 aliphatic rings. The number of carbonyl (C=O) groups excluding carboxylic acids is 4. The first-order valence-electron chi connectivity index (χ1n) is 12.6. The number of carboxylic acid groups (broad SMARTS) is 2. The predicted octanol–water partition coefficient (Wildman–Crippen LogP) is 0.626. The smallest absolute Gasteiger partial charge is 0.326 e. The molecule has 0 saturated carbocycles. The van der Waals surface area contributed by atoms with E-state index in [2.05, 4.69) is 16.0 Å². The average Bonchev–Trinajstić information content (AvgIpc) is 2.84. The molecule has 3 atom stereocenters. The number of rotatable bonds is 17. The minimum atomic E-state index is -1.38. The van der Waals surface area contributed by atoms with E-state index < -0.39 is 53.1 Å². The zero-order valence-corrected chi connectivity index (χ0v) is 22.5. The number of amides is 4. The van der Waals surface area contributed by atoms with Crippen LogP contribution in [0.4, 0.5) is 5.69 Å². The maximum Gasteiger partial charge on any atom is 0.326 e. The highest BCUT2D eigenvalue weighted by atomic mass is 16.4. The van der Waals surface area contributed by atoms with Gasteiger partial charge in [-0.1, -0.05) is 6.92 Å². The number of nitrogen functional groups attached to an aromatic ring is 1. The predicted molar refractivity (Wildman–Crippen MR) is 142 cm³/mol. The SMILES string of the molecule is CC(CC(C)(C)C(=O)O)C(=O)NC(CCC(=O)NC(CCCCNC(=O)c1ccc(N)cc1)C(N)=O)C(=O)O. The Morgan fingerprint density at radius 2 is 1.54 bits per heavy atom. The van der Waals surface area contributed by atoms with Crippen molar-refractivity contribution in [3.05, 3.63) is 29.8 Å². The Morgan fingerprint density at radius 1 is 0.923 bits per heavy atom. The lowest BCUT2D eigenvalue weighted by Gasteiger charge is -2.24. The summed E-state index contributed by atoms with van der Waals surface area (Å²) in [5, 5.41) is 26.2. The number of unbranched alkanes of at least 4 members (excludes halogenated alkanes) is 1.